The van der Waals surface area contributed by atoms with Gasteiger partial charge in [0.25, 0.3) is 5.91 Å². The molecule has 0 bridgehead atoms. The molecule has 1 aromatic heterocycles. The van der Waals surface area contributed by atoms with Gasteiger partial charge in [-0.15, -0.1) is 0 Å². The highest BCUT2D eigenvalue weighted by Gasteiger charge is 2.17. The number of aromatic nitrogens is 1. The molecule has 2 heterocycles. The van der Waals surface area contributed by atoms with Gasteiger partial charge in [0.15, 0.2) is 0 Å². The second-order valence-corrected chi connectivity index (χ2v) is 5.00. The Balaban J connectivity index is 2.07. The van der Waals surface area contributed by atoms with Crippen LogP contribution in [0.1, 0.15) is 30.3 Å². The van der Waals surface area contributed by atoms with E-state index in [0.717, 1.165) is 31.9 Å². The minimum absolute atomic E-state index is 0.335. The molecule has 19 heavy (non-hydrogen) atoms. The third-order valence-corrected chi connectivity index (χ3v) is 3.68. The Morgan fingerprint density at radius 3 is 2.89 bits per heavy atom. The van der Waals surface area contributed by atoms with Gasteiger partial charge in [0.05, 0.1) is 0 Å². The highest BCUT2D eigenvalue weighted by atomic mass is 16.1. The molecule has 0 radical (unpaired) electrons. The third-order valence-electron chi connectivity index (χ3n) is 3.68. The summed E-state index contributed by atoms with van der Waals surface area (Å²) in [5, 5.41) is 3.38. The normalized spacial score (nSPS) is 16.3. The Morgan fingerprint density at radius 1 is 1.53 bits per heavy atom. The molecule has 5 nitrogen and oxygen atoms in total. The Labute approximate surface area is 114 Å². The van der Waals surface area contributed by atoms with Crippen molar-refractivity contribution in [2.45, 2.75) is 19.8 Å². The van der Waals surface area contributed by atoms with Gasteiger partial charge in [-0.1, -0.05) is 0 Å². The van der Waals surface area contributed by atoms with E-state index in [1.807, 2.05) is 6.07 Å². The molecule has 1 aromatic rings. The summed E-state index contributed by atoms with van der Waals surface area (Å²) in [6.45, 7) is 6.29. The van der Waals surface area contributed by atoms with E-state index in [2.05, 4.69) is 22.1 Å². The van der Waals surface area contributed by atoms with Crippen LogP contribution in [-0.4, -0.2) is 37.1 Å². The van der Waals surface area contributed by atoms with Crippen LogP contribution in [0.3, 0.4) is 0 Å². The highest BCUT2D eigenvalue weighted by molar-refractivity contribution is 5.91. The molecule has 1 amide bonds. The molecule has 1 aliphatic heterocycles. The van der Waals surface area contributed by atoms with E-state index in [9.17, 15) is 4.79 Å². The third kappa shape index (κ3) is 3.67. The first kappa shape index (κ1) is 13.8. The first-order valence-corrected chi connectivity index (χ1v) is 6.92. The Morgan fingerprint density at radius 2 is 2.26 bits per heavy atom. The fourth-order valence-electron chi connectivity index (χ4n) is 2.54. The first-order chi connectivity index (χ1) is 9.20. The number of hydrogen-bond donors (Lipinski definition) is 2. The minimum Gasteiger partial charge on any atom is -0.371 e. The fourth-order valence-corrected chi connectivity index (χ4v) is 2.54. The number of hydrogen-bond acceptors (Lipinski definition) is 4. The molecular weight excluding hydrogens is 240 g/mol. The Bertz CT molecular complexity index is 429. The van der Waals surface area contributed by atoms with Gasteiger partial charge in [0, 0.05) is 25.0 Å². The summed E-state index contributed by atoms with van der Waals surface area (Å²) >= 11 is 0. The average molecular weight is 262 g/mol. The molecule has 0 aromatic carbocycles. The zero-order valence-corrected chi connectivity index (χ0v) is 11.4. The van der Waals surface area contributed by atoms with E-state index in [4.69, 9.17) is 5.73 Å². The molecule has 1 fully saturated rings. The quantitative estimate of drug-likeness (QED) is 0.830. The number of carbonyl (C=O) groups excluding carboxylic acids is 1. The zero-order chi connectivity index (χ0) is 13.7. The van der Waals surface area contributed by atoms with Crippen LogP contribution in [0, 0.1) is 5.92 Å². The number of nitrogens with two attached hydrogens (primary N) is 1. The maximum atomic E-state index is 11.2. The van der Waals surface area contributed by atoms with Gasteiger partial charge in [-0.05, 0) is 50.9 Å². The van der Waals surface area contributed by atoms with Crippen LogP contribution in [0.4, 0.5) is 5.69 Å². The number of rotatable bonds is 5. The van der Waals surface area contributed by atoms with E-state index in [-0.39, 0.29) is 0 Å². The molecule has 2 rings (SSSR count). The molecule has 0 aliphatic carbocycles. The second kappa shape index (κ2) is 6.52. The van der Waals surface area contributed by atoms with Gasteiger partial charge in [-0.2, -0.15) is 0 Å². The van der Waals surface area contributed by atoms with Crippen LogP contribution in [0.5, 0.6) is 0 Å². The van der Waals surface area contributed by atoms with E-state index < -0.39 is 5.91 Å². The number of nitrogens with zero attached hydrogens (tertiary/aromatic N) is 2. The van der Waals surface area contributed by atoms with E-state index in [1.165, 1.54) is 12.8 Å². The summed E-state index contributed by atoms with van der Waals surface area (Å²) in [6, 6.07) is 3.73. The number of piperidine rings is 1. The van der Waals surface area contributed by atoms with Crippen molar-refractivity contribution in [2.24, 2.45) is 11.7 Å². The summed E-state index contributed by atoms with van der Waals surface area (Å²) < 4.78 is 0. The lowest BCUT2D eigenvalue weighted by Crippen LogP contribution is -2.36. The van der Waals surface area contributed by atoms with Gasteiger partial charge in [-0.3, -0.25) is 9.78 Å². The number of carbonyl (C=O) groups is 1. The first-order valence-electron chi connectivity index (χ1n) is 6.92. The molecule has 1 aliphatic rings. The minimum atomic E-state index is -0.472. The number of anilines is 1. The van der Waals surface area contributed by atoms with Gasteiger partial charge in [0.1, 0.15) is 5.69 Å². The van der Waals surface area contributed by atoms with Crippen LogP contribution < -0.4 is 16.0 Å². The Kier molecular flexibility index (Phi) is 4.74. The Hall–Kier alpha value is -1.62. The van der Waals surface area contributed by atoms with Crippen molar-refractivity contribution in [3.05, 3.63) is 24.0 Å². The van der Waals surface area contributed by atoms with Gasteiger partial charge < -0.3 is 16.0 Å². The van der Waals surface area contributed by atoms with E-state index >= 15 is 0 Å². The maximum Gasteiger partial charge on any atom is 0.267 e. The molecular formula is C14H22N4O. The lowest BCUT2D eigenvalue weighted by molar-refractivity contribution is 0.0995. The summed E-state index contributed by atoms with van der Waals surface area (Å²) in [4.78, 5) is 17.5. The van der Waals surface area contributed by atoms with Crippen molar-refractivity contribution in [2.75, 3.05) is 31.1 Å². The predicted octanol–water partition coefficient (Wildman–Crippen LogP) is 1.01. The number of nitrogens with one attached hydrogen (secondary N) is 1. The monoisotopic (exact) mass is 262 g/mol. The second-order valence-electron chi connectivity index (χ2n) is 5.00. The van der Waals surface area contributed by atoms with E-state index in [1.54, 1.807) is 12.3 Å². The maximum absolute atomic E-state index is 11.2. The van der Waals surface area contributed by atoms with Crippen molar-refractivity contribution >= 4 is 11.6 Å². The molecule has 104 valence electrons. The van der Waals surface area contributed by atoms with Gasteiger partial charge in [-0.25, -0.2) is 0 Å². The van der Waals surface area contributed by atoms with Gasteiger partial charge in [0.2, 0.25) is 0 Å². The molecule has 0 atom stereocenters. The molecule has 1 saturated heterocycles. The van der Waals surface area contributed by atoms with Crippen LogP contribution in [0.2, 0.25) is 0 Å². The smallest absolute Gasteiger partial charge is 0.267 e. The highest BCUT2D eigenvalue weighted by Crippen LogP contribution is 2.19. The summed E-state index contributed by atoms with van der Waals surface area (Å²) in [5.74, 6) is 0.242. The molecule has 0 saturated carbocycles. The molecule has 0 spiro atoms. The summed E-state index contributed by atoms with van der Waals surface area (Å²) in [7, 11) is 0. The van der Waals surface area contributed by atoms with Crippen molar-refractivity contribution < 1.29 is 4.79 Å². The lowest BCUT2D eigenvalue weighted by Gasteiger charge is -2.31. The lowest BCUT2D eigenvalue weighted by atomic mass is 9.97. The molecule has 3 N–H and O–H groups in total. The summed E-state index contributed by atoms with van der Waals surface area (Å²) in [5.41, 5.74) is 6.65. The zero-order valence-electron chi connectivity index (χ0n) is 11.4. The van der Waals surface area contributed by atoms with E-state index in [0.29, 0.717) is 11.6 Å². The SMILES string of the molecule is CCN(CC1CCNCC1)c1ccnc(C(N)=O)c1. The standard InChI is InChI=1S/C14H22N4O/c1-2-18(10-11-3-6-16-7-4-11)12-5-8-17-13(9-12)14(15)19/h5,8-9,11,16H,2-4,6-7,10H2,1H3,(H2,15,19). The number of primary amides is 1. The van der Waals surface area contributed by atoms with Crippen LogP contribution >= 0.6 is 0 Å². The van der Waals surface area contributed by atoms with Crippen molar-refractivity contribution in [1.82, 2.24) is 10.3 Å². The summed E-state index contributed by atoms with van der Waals surface area (Å²) in [6.07, 6.45) is 4.08. The van der Waals surface area contributed by atoms with Crippen molar-refractivity contribution in [3.63, 3.8) is 0 Å². The fraction of sp³-hybridized carbons (Fsp3) is 0.571. The van der Waals surface area contributed by atoms with Crippen LogP contribution in [-0.2, 0) is 0 Å². The average Bonchev–Trinajstić information content (AvgIpc) is 2.46. The molecule has 0 unspecified atom stereocenters. The predicted molar refractivity (Wildman–Crippen MR) is 76.2 cm³/mol. The van der Waals surface area contributed by atoms with Crippen LogP contribution in [0.15, 0.2) is 18.3 Å². The largest absolute Gasteiger partial charge is 0.371 e. The van der Waals surface area contributed by atoms with Crippen molar-refractivity contribution in [1.29, 1.82) is 0 Å². The van der Waals surface area contributed by atoms with Crippen molar-refractivity contribution in [3.8, 4) is 0 Å². The van der Waals surface area contributed by atoms with Gasteiger partial charge >= 0.3 is 0 Å². The molecule has 5 heteroatoms. The number of pyridine rings is 1. The topological polar surface area (TPSA) is 71.2 Å². The number of amides is 1. The van der Waals surface area contributed by atoms with Crippen LogP contribution in [0.25, 0.3) is 0 Å².